The number of likely N-dealkylation sites (tertiary alicyclic amines) is 1. The van der Waals surface area contributed by atoms with Gasteiger partial charge in [-0.3, -0.25) is 19.1 Å². The number of piperidine rings is 1. The third-order valence-corrected chi connectivity index (χ3v) is 6.98. The maximum absolute atomic E-state index is 13.1. The predicted molar refractivity (Wildman–Crippen MR) is 130 cm³/mol. The third-order valence-electron chi connectivity index (χ3n) is 6.98. The van der Waals surface area contributed by atoms with Crippen molar-refractivity contribution in [2.75, 3.05) is 46.9 Å². The molecule has 0 unspecified atom stereocenters. The quantitative estimate of drug-likeness (QED) is 0.622. The van der Waals surface area contributed by atoms with Crippen LogP contribution in [0.1, 0.15) is 42.6 Å². The smallest absolute Gasteiger partial charge is 0.328 e. The lowest BCUT2D eigenvalue weighted by molar-refractivity contribution is -0.195. The fourth-order valence-corrected chi connectivity index (χ4v) is 4.99. The van der Waals surface area contributed by atoms with Crippen LogP contribution in [-0.2, 0) is 4.74 Å². The van der Waals surface area contributed by atoms with Gasteiger partial charge in [0.05, 0.1) is 23.9 Å². The Hall–Kier alpha value is -2.95. The maximum Gasteiger partial charge on any atom is 0.328 e. The van der Waals surface area contributed by atoms with Gasteiger partial charge in [0, 0.05) is 43.9 Å². The van der Waals surface area contributed by atoms with Crippen molar-refractivity contribution in [1.82, 2.24) is 19.4 Å². The number of likely N-dealkylation sites (N-methyl/N-ethyl adjacent to an activating group) is 1. The Morgan fingerprint density at radius 2 is 2.00 bits per heavy atom. The largest absolute Gasteiger partial charge is 0.492 e. The van der Waals surface area contributed by atoms with E-state index < -0.39 is 28.5 Å². The van der Waals surface area contributed by atoms with Gasteiger partial charge in [-0.15, -0.1) is 0 Å². The zero-order valence-electron chi connectivity index (χ0n) is 20.5. The molecule has 190 valence electrons. The van der Waals surface area contributed by atoms with Gasteiger partial charge in [0.2, 0.25) is 0 Å². The molecule has 10 heteroatoms. The lowest BCUT2D eigenvalue weighted by Gasteiger charge is -2.51. The van der Waals surface area contributed by atoms with E-state index in [0.29, 0.717) is 50.3 Å². The van der Waals surface area contributed by atoms with Crippen molar-refractivity contribution in [2.45, 2.75) is 43.4 Å². The number of amides is 1. The number of rotatable bonds is 6. The molecule has 2 aromatic rings. The predicted octanol–water partition coefficient (Wildman–Crippen LogP) is 0.864. The van der Waals surface area contributed by atoms with Crippen molar-refractivity contribution in [3.63, 3.8) is 0 Å². The topological polar surface area (TPSA) is 117 Å². The van der Waals surface area contributed by atoms with Crippen LogP contribution in [0.4, 0.5) is 0 Å². The van der Waals surface area contributed by atoms with Gasteiger partial charge in [-0.1, -0.05) is 6.07 Å². The molecular formula is C25H34N4O6. The second kappa shape index (κ2) is 9.96. The molecule has 2 N–H and O–H groups in total. The monoisotopic (exact) mass is 486 g/mol. The molecule has 3 heterocycles. The number of nitrogens with zero attached hydrogens (tertiary/aromatic N) is 3. The number of aromatic nitrogens is 2. The molecule has 4 rings (SSSR count). The van der Waals surface area contributed by atoms with E-state index in [0.717, 1.165) is 6.54 Å². The number of carbonyl (C=O) groups is 1. The summed E-state index contributed by atoms with van der Waals surface area (Å²) in [5.41, 5.74) is -2.26. The van der Waals surface area contributed by atoms with E-state index in [-0.39, 0.29) is 12.5 Å². The van der Waals surface area contributed by atoms with Crippen LogP contribution in [0.25, 0.3) is 0 Å². The molecule has 1 amide bonds. The van der Waals surface area contributed by atoms with Crippen LogP contribution in [-0.4, -0.2) is 88.5 Å². The first-order chi connectivity index (χ1) is 16.6. The standard InChI is InChI=1S/C25H34N4O6/c1-24(33)17-25(35-16-20(24)29-10-7-21(30)26-23(29)32)8-11-28(12-9-25)22(31)18-5-4-6-19(15-18)34-14-13-27(2)3/h4-7,10,15,20,33H,8-9,11-14,16-17H2,1-3H3,(H,26,30,32)/t20-,24-/m0/s1. The molecule has 2 atom stereocenters. The van der Waals surface area contributed by atoms with Gasteiger partial charge in [0.25, 0.3) is 11.5 Å². The molecule has 0 bridgehead atoms. The van der Waals surface area contributed by atoms with E-state index in [1.54, 1.807) is 24.0 Å². The fourth-order valence-electron chi connectivity index (χ4n) is 4.99. The van der Waals surface area contributed by atoms with Crippen molar-refractivity contribution in [1.29, 1.82) is 0 Å². The molecule has 2 aliphatic heterocycles. The minimum Gasteiger partial charge on any atom is -0.492 e. The average molecular weight is 487 g/mol. The first kappa shape index (κ1) is 25.2. The van der Waals surface area contributed by atoms with Crippen molar-refractivity contribution in [3.8, 4) is 5.75 Å². The highest BCUT2D eigenvalue weighted by Gasteiger charge is 2.50. The summed E-state index contributed by atoms with van der Waals surface area (Å²) >= 11 is 0. The summed E-state index contributed by atoms with van der Waals surface area (Å²) in [5.74, 6) is 0.611. The molecule has 1 aromatic heterocycles. The number of aliphatic hydroxyl groups is 1. The van der Waals surface area contributed by atoms with Gasteiger partial charge in [-0.05, 0) is 52.1 Å². The van der Waals surface area contributed by atoms with E-state index in [9.17, 15) is 19.5 Å². The van der Waals surface area contributed by atoms with Crippen molar-refractivity contribution >= 4 is 5.91 Å². The van der Waals surface area contributed by atoms with Gasteiger partial charge in [0.1, 0.15) is 12.4 Å². The van der Waals surface area contributed by atoms with Crippen molar-refractivity contribution in [2.24, 2.45) is 0 Å². The molecule has 2 aliphatic rings. The first-order valence-corrected chi connectivity index (χ1v) is 11.9. The Bertz CT molecular complexity index is 1160. The fraction of sp³-hybridized carbons (Fsp3) is 0.560. The molecule has 0 aliphatic carbocycles. The summed E-state index contributed by atoms with van der Waals surface area (Å²) in [6, 6.07) is 7.88. The Morgan fingerprint density at radius 1 is 1.26 bits per heavy atom. The van der Waals surface area contributed by atoms with Gasteiger partial charge in [-0.25, -0.2) is 4.79 Å². The van der Waals surface area contributed by atoms with Gasteiger partial charge in [0.15, 0.2) is 0 Å². The molecule has 2 saturated heterocycles. The van der Waals surface area contributed by atoms with Crippen LogP contribution in [0.15, 0.2) is 46.1 Å². The van der Waals surface area contributed by atoms with Crippen LogP contribution < -0.4 is 16.0 Å². The first-order valence-electron chi connectivity index (χ1n) is 11.9. The molecule has 1 spiro atoms. The molecule has 0 radical (unpaired) electrons. The molecule has 35 heavy (non-hydrogen) atoms. The molecule has 10 nitrogen and oxygen atoms in total. The highest BCUT2D eigenvalue weighted by molar-refractivity contribution is 5.94. The van der Waals surface area contributed by atoms with Crippen LogP contribution in [0.3, 0.4) is 0 Å². The van der Waals surface area contributed by atoms with Crippen LogP contribution in [0.5, 0.6) is 5.75 Å². The summed E-state index contributed by atoms with van der Waals surface area (Å²) in [5, 5.41) is 11.3. The lowest BCUT2D eigenvalue weighted by atomic mass is 9.75. The Balaban J connectivity index is 1.38. The second-order valence-corrected chi connectivity index (χ2v) is 10.0. The van der Waals surface area contributed by atoms with E-state index in [1.165, 1.54) is 16.8 Å². The Kier molecular flexibility index (Phi) is 7.16. The summed E-state index contributed by atoms with van der Waals surface area (Å²) in [6.45, 7) is 4.17. The van der Waals surface area contributed by atoms with Gasteiger partial charge >= 0.3 is 5.69 Å². The number of hydrogen-bond acceptors (Lipinski definition) is 7. The number of nitrogens with one attached hydrogen (secondary N) is 1. The minimum absolute atomic E-state index is 0.0573. The van der Waals surface area contributed by atoms with Crippen LogP contribution >= 0.6 is 0 Å². The molecule has 0 saturated carbocycles. The van der Waals surface area contributed by atoms with E-state index in [2.05, 4.69) is 4.98 Å². The number of ether oxygens (including phenoxy) is 2. The summed E-state index contributed by atoms with van der Waals surface area (Å²) in [6.07, 6.45) is 2.89. The highest BCUT2D eigenvalue weighted by atomic mass is 16.5. The van der Waals surface area contributed by atoms with Crippen molar-refractivity contribution < 1.29 is 19.4 Å². The molecule has 1 aromatic carbocycles. The SMILES string of the molecule is CN(C)CCOc1cccc(C(=O)N2CCC3(CC2)C[C@](C)(O)[C@@H](n2ccc(=O)[nH]c2=O)CO3)c1. The van der Waals surface area contributed by atoms with Crippen LogP contribution in [0.2, 0.25) is 0 Å². The number of aromatic amines is 1. The zero-order chi connectivity index (χ0) is 25.2. The number of carbonyl (C=O) groups excluding carboxylic acids is 1. The lowest BCUT2D eigenvalue weighted by Crippen LogP contribution is -2.59. The summed E-state index contributed by atoms with van der Waals surface area (Å²) in [4.78, 5) is 42.9. The van der Waals surface area contributed by atoms with Crippen LogP contribution in [0, 0.1) is 0 Å². The Morgan fingerprint density at radius 3 is 2.66 bits per heavy atom. The van der Waals surface area contributed by atoms with E-state index in [4.69, 9.17) is 9.47 Å². The highest BCUT2D eigenvalue weighted by Crippen LogP contribution is 2.43. The maximum atomic E-state index is 13.1. The van der Waals surface area contributed by atoms with E-state index >= 15 is 0 Å². The molecule has 2 fully saturated rings. The Labute approximate surface area is 204 Å². The summed E-state index contributed by atoms with van der Waals surface area (Å²) < 4.78 is 13.3. The average Bonchev–Trinajstić information content (AvgIpc) is 2.79. The number of H-pyrrole nitrogens is 1. The van der Waals surface area contributed by atoms with Gasteiger partial charge < -0.3 is 24.4 Å². The number of benzene rings is 1. The summed E-state index contributed by atoms with van der Waals surface area (Å²) in [7, 11) is 3.96. The molecular weight excluding hydrogens is 452 g/mol. The zero-order valence-corrected chi connectivity index (χ0v) is 20.5. The normalized spacial score (nSPS) is 24.0. The van der Waals surface area contributed by atoms with Gasteiger partial charge in [-0.2, -0.15) is 0 Å². The van der Waals surface area contributed by atoms with Crippen molar-refractivity contribution in [3.05, 3.63) is 62.9 Å². The third kappa shape index (κ3) is 5.66. The minimum atomic E-state index is -1.22. The number of hydrogen-bond donors (Lipinski definition) is 2. The second-order valence-electron chi connectivity index (χ2n) is 10.0. The van der Waals surface area contributed by atoms with E-state index in [1.807, 2.05) is 31.1 Å².